The molecule has 0 radical (unpaired) electrons. The van der Waals surface area contributed by atoms with Crippen LogP contribution in [0.15, 0.2) is 24.3 Å². The van der Waals surface area contributed by atoms with Gasteiger partial charge in [0.25, 0.3) is 0 Å². The zero-order valence-corrected chi connectivity index (χ0v) is 10.9. The Morgan fingerprint density at radius 1 is 1.21 bits per heavy atom. The number of rotatable bonds is 7. The predicted octanol–water partition coefficient (Wildman–Crippen LogP) is -0.435. The molecule has 1 aromatic rings. The van der Waals surface area contributed by atoms with Gasteiger partial charge in [0.05, 0.1) is 19.6 Å². The van der Waals surface area contributed by atoms with Gasteiger partial charge in [-0.2, -0.15) is 0 Å². The maximum atomic E-state index is 11.3. The minimum atomic E-state index is -0.355. The number of benzene rings is 1. The summed E-state index contributed by atoms with van der Waals surface area (Å²) < 4.78 is 5.51. The number of ether oxygens (including phenoxy) is 1. The average Bonchev–Trinajstić information content (AvgIpc) is 2.42. The molecule has 0 fully saturated rings. The molecule has 1 aromatic carbocycles. The molecule has 104 valence electrons. The Hall–Kier alpha value is -2.08. The van der Waals surface area contributed by atoms with Crippen LogP contribution in [-0.2, 0) is 9.59 Å². The van der Waals surface area contributed by atoms with Gasteiger partial charge >= 0.3 is 0 Å². The van der Waals surface area contributed by atoms with Gasteiger partial charge in [-0.1, -0.05) is 18.2 Å². The first kappa shape index (κ1) is 15.0. The van der Waals surface area contributed by atoms with Gasteiger partial charge in [-0.25, -0.2) is 0 Å². The maximum absolute atomic E-state index is 11.3. The number of nitrogens with two attached hydrogens (primary N) is 1. The third kappa shape index (κ3) is 5.87. The maximum Gasteiger partial charge on any atom is 0.239 e. The highest BCUT2D eigenvalue weighted by atomic mass is 16.5. The van der Waals surface area contributed by atoms with Crippen LogP contribution in [0, 0.1) is 6.92 Å². The highest BCUT2D eigenvalue weighted by Crippen LogP contribution is 2.15. The van der Waals surface area contributed by atoms with Crippen molar-refractivity contribution < 1.29 is 14.3 Å². The fraction of sp³-hybridized carbons (Fsp3) is 0.385. The van der Waals surface area contributed by atoms with E-state index in [4.69, 9.17) is 10.5 Å². The minimum absolute atomic E-state index is 0.0690. The van der Waals surface area contributed by atoms with Gasteiger partial charge in [-0.05, 0) is 18.6 Å². The largest absolute Gasteiger partial charge is 0.491 e. The first-order valence-corrected chi connectivity index (χ1v) is 6.05. The van der Waals surface area contributed by atoms with Crippen LogP contribution in [0.25, 0.3) is 0 Å². The minimum Gasteiger partial charge on any atom is -0.491 e. The van der Waals surface area contributed by atoms with Gasteiger partial charge in [-0.3, -0.25) is 9.59 Å². The first-order chi connectivity index (χ1) is 9.13. The monoisotopic (exact) mass is 265 g/mol. The highest BCUT2D eigenvalue weighted by molar-refractivity contribution is 5.85. The number of para-hydroxylation sites is 1. The van der Waals surface area contributed by atoms with Crippen molar-refractivity contribution in [2.24, 2.45) is 5.73 Å². The molecule has 0 aliphatic carbocycles. The molecule has 6 nitrogen and oxygen atoms in total. The van der Waals surface area contributed by atoms with Gasteiger partial charge in [0.2, 0.25) is 11.8 Å². The Labute approximate surface area is 112 Å². The van der Waals surface area contributed by atoms with Crippen LogP contribution in [-0.4, -0.2) is 38.1 Å². The Balaban J connectivity index is 2.15. The van der Waals surface area contributed by atoms with E-state index in [0.29, 0.717) is 13.2 Å². The van der Waals surface area contributed by atoms with Crippen molar-refractivity contribution in [3.05, 3.63) is 29.8 Å². The van der Waals surface area contributed by atoms with Crippen molar-refractivity contribution in [3.63, 3.8) is 0 Å². The fourth-order valence-electron chi connectivity index (χ4n) is 1.38. The topological polar surface area (TPSA) is 93.5 Å². The van der Waals surface area contributed by atoms with E-state index < -0.39 is 0 Å². The van der Waals surface area contributed by atoms with E-state index in [0.717, 1.165) is 11.3 Å². The summed E-state index contributed by atoms with van der Waals surface area (Å²) >= 11 is 0. The van der Waals surface area contributed by atoms with Crippen molar-refractivity contribution in [2.75, 3.05) is 26.2 Å². The van der Waals surface area contributed by atoms with Gasteiger partial charge < -0.3 is 21.1 Å². The third-order valence-corrected chi connectivity index (χ3v) is 2.41. The number of hydrogen-bond acceptors (Lipinski definition) is 4. The highest BCUT2D eigenvalue weighted by Gasteiger charge is 2.03. The van der Waals surface area contributed by atoms with Crippen LogP contribution in [0.5, 0.6) is 5.75 Å². The second-order valence-corrected chi connectivity index (χ2v) is 3.94. The smallest absolute Gasteiger partial charge is 0.239 e. The lowest BCUT2D eigenvalue weighted by Crippen LogP contribution is -2.40. The quantitative estimate of drug-likeness (QED) is 0.583. The van der Waals surface area contributed by atoms with Crippen molar-refractivity contribution in [2.45, 2.75) is 6.92 Å². The first-order valence-electron chi connectivity index (χ1n) is 6.05. The number of carbonyl (C=O) groups excluding carboxylic acids is 2. The molecule has 0 saturated heterocycles. The van der Waals surface area contributed by atoms with Crippen LogP contribution in [0.4, 0.5) is 0 Å². The molecule has 1 rings (SSSR count). The molecule has 19 heavy (non-hydrogen) atoms. The summed E-state index contributed by atoms with van der Waals surface area (Å²) in [4.78, 5) is 22.1. The van der Waals surface area contributed by atoms with Crippen LogP contribution in [0.1, 0.15) is 5.56 Å². The van der Waals surface area contributed by atoms with E-state index in [1.54, 1.807) is 0 Å². The van der Waals surface area contributed by atoms with Crippen LogP contribution >= 0.6 is 0 Å². The van der Waals surface area contributed by atoms with E-state index in [1.807, 2.05) is 31.2 Å². The standard InChI is InChI=1S/C13H19N3O3/c1-10-4-2-3-5-11(10)19-7-6-15-13(18)9-16-12(17)8-14/h2-5H,6-9,14H2,1H3,(H,15,18)(H,16,17). The SMILES string of the molecule is Cc1ccccc1OCCNC(=O)CNC(=O)CN. The summed E-state index contributed by atoms with van der Waals surface area (Å²) in [6.07, 6.45) is 0. The van der Waals surface area contributed by atoms with Crippen LogP contribution < -0.4 is 21.1 Å². The normalized spacial score (nSPS) is 9.79. The second-order valence-electron chi connectivity index (χ2n) is 3.94. The lowest BCUT2D eigenvalue weighted by molar-refractivity contribution is -0.125. The van der Waals surface area contributed by atoms with Crippen LogP contribution in [0.2, 0.25) is 0 Å². The molecular weight excluding hydrogens is 246 g/mol. The fourth-order valence-corrected chi connectivity index (χ4v) is 1.38. The number of aryl methyl sites for hydroxylation is 1. The lowest BCUT2D eigenvalue weighted by Gasteiger charge is -2.10. The summed E-state index contributed by atoms with van der Waals surface area (Å²) in [5, 5.41) is 5.02. The van der Waals surface area contributed by atoms with E-state index in [9.17, 15) is 9.59 Å². The summed E-state index contributed by atoms with van der Waals surface area (Å²) in [5.74, 6) is 0.176. The zero-order valence-electron chi connectivity index (χ0n) is 10.9. The molecule has 0 spiro atoms. The molecule has 6 heteroatoms. The summed E-state index contributed by atoms with van der Waals surface area (Å²) in [7, 11) is 0. The predicted molar refractivity (Wildman–Crippen MR) is 71.7 cm³/mol. The van der Waals surface area contributed by atoms with E-state index >= 15 is 0 Å². The van der Waals surface area contributed by atoms with Crippen LogP contribution in [0.3, 0.4) is 0 Å². The molecule has 0 aliphatic heterocycles. The summed E-state index contributed by atoms with van der Waals surface area (Å²) in [6, 6.07) is 7.66. The van der Waals surface area contributed by atoms with Crippen molar-refractivity contribution in [3.8, 4) is 5.75 Å². The molecule has 0 atom stereocenters. The Kier molecular flexibility index (Phi) is 6.38. The molecule has 2 amide bonds. The Bertz CT molecular complexity index is 435. The second kappa shape index (κ2) is 8.10. The van der Waals surface area contributed by atoms with Crippen molar-refractivity contribution in [1.82, 2.24) is 10.6 Å². The molecule has 0 saturated carbocycles. The zero-order chi connectivity index (χ0) is 14.1. The van der Waals surface area contributed by atoms with Gasteiger partial charge in [-0.15, -0.1) is 0 Å². The summed E-state index contributed by atoms with van der Waals surface area (Å²) in [6.45, 7) is 2.52. The Morgan fingerprint density at radius 2 is 1.95 bits per heavy atom. The number of hydrogen-bond donors (Lipinski definition) is 3. The van der Waals surface area contributed by atoms with Gasteiger partial charge in [0, 0.05) is 0 Å². The molecule has 0 aliphatic rings. The summed E-state index contributed by atoms with van der Waals surface area (Å²) in [5.41, 5.74) is 6.14. The number of carbonyl (C=O) groups is 2. The number of amides is 2. The van der Waals surface area contributed by atoms with Gasteiger partial charge in [0.15, 0.2) is 0 Å². The Morgan fingerprint density at radius 3 is 2.63 bits per heavy atom. The molecule has 0 bridgehead atoms. The third-order valence-electron chi connectivity index (χ3n) is 2.41. The molecular formula is C13H19N3O3. The molecule has 0 unspecified atom stereocenters. The van der Waals surface area contributed by atoms with E-state index in [2.05, 4.69) is 10.6 Å². The average molecular weight is 265 g/mol. The molecule has 0 heterocycles. The van der Waals surface area contributed by atoms with Gasteiger partial charge in [0.1, 0.15) is 12.4 Å². The molecule has 0 aromatic heterocycles. The lowest BCUT2D eigenvalue weighted by atomic mass is 10.2. The van der Waals surface area contributed by atoms with E-state index in [1.165, 1.54) is 0 Å². The number of nitrogens with one attached hydrogen (secondary N) is 2. The van der Waals surface area contributed by atoms with Crippen molar-refractivity contribution >= 4 is 11.8 Å². The van der Waals surface area contributed by atoms with E-state index in [-0.39, 0.29) is 24.9 Å². The van der Waals surface area contributed by atoms with Crippen molar-refractivity contribution in [1.29, 1.82) is 0 Å². The molecule has 4 N–H and O–H groups in total.